The van der Waals surface area contributed by atoms with Gasteiger partial charge in [-0.25, -0.2) is 4.99 Å². The second-order valence-corrected chi connectivity index (χ2v) is 6.56. The number of aliphatic imine (C=N–C) groups is 1. The zero-order chi connectivity index (χ0) is 17.5. The van der Waals surface area contributed by atoms with E-state index in [4.69, 9.17) is 5.73 Å². The van der Waals surface area contributed by atoms with Crippen LogP contribution in [0.25, 0.3) is 0 Å². The fraction of sp³-hybridized carbons (Fsp3) is 0.400. The Labute approximate surface area is 148 Å². The molecule has 2 aromatic rings. The molecule has 1 aromatic carbocycles. The Morgan fingerprint density at radius 3 is 2.32 bits per heavy atom. The molecule has 0 aliphatic carbocycles. The van der Waals surface area contributed by atoms with Crippen LogP contribution in [-0.2, 0) is 13.1 Å². The SMILES string of the molecule is NC(=NCc1ccc(Cn2ccccc2=O)cc1)N1CCCCCC1. The lowest BCUT2D eigenvalue weighted by molar-refractivity contribution is 0.428. The van der Waals surface area contributed by atoms with Gasteiger partial charge in [0.15, 0.2) is 5.96 Å². The summed E-state index contributed by atoms with van der Waals surface area (Å²) in [5.74, 6) is 0.654. The number of nitrogens with two attached hydrogens (primary N) is 1. The van der Waals surface area contributed by atoms with E-state index in [9.17, 15) is 4.79 Å². The van der Waals surface area contributed by atoms with Crippen LogP contribution in [0.2, 0.25) is 0 Å². The average molecular weight is 338 g/mol. The summed E-state index contributed by atoms with van der Waals surface area (Å²) in [7, 11) is 0. The van der Waals surface area contributed by atoms with Gasteiger partial charge >= 0.3 is 0 Å². The van der Waals surface area contributed by atoms with Gasteiger partial charge in [-0.3, -0.25) is 4.79 Å². The highest BCUT2D eigenvalue weighted by atomic mass is 16.1. The van der Waals surface area contributed by atoms with Crippen molar-refractivity contribution in [3.05, 3.63) is 70.1 Å². The van der Waals surface area contributed by atoms with Gasteiger partial charge in [0.25, 0.3) is 5.56 Å². The molecule has 0 saturated carbocycles. The summed E-state index contributed by atoms with van der Waals surface area (Å²) in [6, 6.07) is 13.4. The first-order valence-corrected chi connectivity index (χ1v) is 9.00. The highest BCUT2D eigenvalue weighted by Gasteiger charge is 2.10. The van der Waals surface area contributed by atoms with Crippen LogP contribution in [-0.4, -0.2) is 28.5 Å². The molecule has 1 aliphatic heterocycles. The lowest BCUT2D eigenvalue weighted by atomic mass is 10.1. The third kappa shape index (κ3) is 4.95. The lowest BCUT2D eigenvalue weighted by Gasteiger charge is -2.21. The quantitative estimate of drug-likeness (QED) is 0.688. The van der Waals surface area contributed by atoms with Gasteiger partial charge in [0, 0.05) is 25.4 Å². The van der Waals surface area contributed by atoms with Gasteiger partial charge in [0.05, 0.1) is 13.1 Å². The predicted octanol–water partition coefficient (Wildman–Crippen LogP) is 2.59. The molecule has 1 saturated heterocycles. The Balaban J connectivity index is 1.59. The summed E-state index contributed by atoms with van der Waals surface area (Å²) >= 11 is 0. The molecular weight excluding hydrogens is 312 g/mol. The number of hydrogen-bond acceptors (Lipinski definition) is 2. The van der Waals surface area contributed by atoms with Crippen LogP contribution in [0.4, 0.5) is 0 Å². The molecule has 0 bridgehead atoms. The number of pyridine rings is 1. The molecule has 25 heavy (non-hydrogen) atoms. The maximum Gasteiger partial charge on any atom is 0.250 e. The molecule has 0 radical (unpaired) electrons. The molecule has 3 rings (SSSR count). The normalized spacial score (nSPS) is 15.8. The fourth-order valence-corrected chi connectivity index (χ4v) is 3.11. The number of nitrogens with zero attached hydrogens (tertiary/aromatic N) is 3. The van der Waals surface area contributed by atoms with Crippen molar-refractivity contribution in [1.29, 1.82) is 0 Å². The monoisotopic (exact) mass is 338 g/mol. The molecule has 1 aromatic heterocycles. The summed E-state index contributed by atoms with van der Waals surface area (Å²) in [5, 5.41) is 0. The number of benzene rings is 1. The van der Waals surface area contributed by atoms with Crippen LogP contribution in [0.15, 0.2) is 58.4 Å². The first-order valence-electron chi connectivity index (χ1n) is 9.00. The zero-order valence-corrected chi connectivity index (χ0v) is 14.6. The van der Waals surface area contributed by atoms with Crippen LogP contribution in [0.1, 0.15) is 36.8 Å². The van der Waals surface area contributed by atoms with Gasteiger partial charge < -0.3 is 15.2 Å². The Hall–Kier alpha value is -2.56. The Morgan fingerprint density at radius 2 is 1.64 bits per heavy atom. The molecule has 0 spiro atoms. The van der Waals surface area contributed by atoms with Crippen molar-refractivity contribution in [3.63, 3.8) is 0 Å². The number of guanidine groups is 1. The van der Waals surface area contributed by atoms with Gasteiger partial charge in [-0.15, -0.1) is 0 Å². The smallest absolute Gasteiger partial charge is 0.250 e. The minimum Gasteiger partial charge on any atom is -0.370 e. The average Bonchev–Trinajstić information content (AvgIpc) is 2.92. The Kier molecular flexibility index (Phi) is 5.88. The van der Waals surface area contributed by atoms with Crippen molar-refractivity contribution in [2.75, 3.05) is 13.1 Å². The Bertz CT molecular complexity index is 756. The second kappa shape index (κ2) is 8.51. The van der Waals surface area contributed by atoms with E-state index in [0.29, 0.717) is 19.0 Å². The minimum atomic E-state index is 0.0152. The van der Waals surface area contributed by atoms with E-state index in [1.807, 2.05) is 24.4 Å². The minimum absolute atomic E-state index is 0.0152. The number of aromatic nitrogens is 1. The van der Waals surface area contributed by atoms with Crippen LogP contribution in [0.3, 0.4) is 0 Å². The third-order valence-corrected chi connectivity index (χ3v) is 4.63. The van der Waals surface area contributed by atoms with Crippen LogP contribution >= 0.6 is 0 Å². The van der Waals surface area contributed by atoms with Crippen molar-refractivity contribution in [2.45, 2.75) is 38.8 Å². The van der Waals surface area contributed by atoms with Gasteiger partial charge in [-0.1, -0.05) is 43.2 Å². The predicted molar refractivity (Wildman–Crippen MR) is 102 cm³/mol. The second-order valence-electron chi connectivity index (χ2n) is 6.56. The number of rotatable bonds is 4. The van der Waals surface area contributed by atoms with Crippen molar-refractivity contribution in [3.8, 4) is 0 Å². The molecule has 5 heteroatoms. The number of likely N-dealkylation sites (tertiary alicyclic amines) is 1. The van der Waals surface area contributed by atoms with E-state index in [1.165, 1.54) is 25.7 Å². The number of hydrogen-bond donors (Lipinski definition) is 1. The molecule has 0 atom stereocenters. The maximum atomic E-state index is 11.8. The zero-order valence-electron chi connectivity index (χ0n) is 14.6. The standard InChI is InChI=1S/C20H26N4O/c21-20(23-12-4-1-2-5-13-23)22-15-17-8-10-18(11-9-17)16-24-14-6-3-7-19(24)25/h3,6-11,14H,1-2,4-5,12-13,15-16H2,(H2,21,22). The molecule has 1 fully saturated rings. The molecule has 2 heterocycles. The van der Waals surface area contributed by atoms with E-state index in [0.717, 1.165) is 24.2 Å². The molecule has 5 nitrogen and oxygen atoms in total. The molecule has 132 valence electrons. The highest BCUT2D eigenvalue weighted by molar-refractivity contribution is 5.78. The first kappa shape index (κ1) is 17.3. The van der Waals surface area contributed by atoms with Gasteiger partial charge in [-0.2, -0.15) is 0 Å². The molecule has 1 aliphatic rings. The van der Waals surface area contributed by atoms with E-state index in [1.54, 1.807) is 16.7 Å². The maximum absolute atomic E-state index is 11.8. The van der Waals surface area contributed by atoms with E-state index < -0.39 is 0 Å². The first-order chi connectivity index (χ1) is 12.2. The highest BCUT2D eigenvalue weighted by Crippen LogP contribution is 2.10. The van der Waals surface area contributed by atoms with Gasteiger partial charge in [0.1, 0.15) is 0 Å². The summed E-state index contributed by atoms with van der Waals surface area (Å²) in [6.07, 6.45) is 6.78. The van der Waals surface area contributed by atoms with E-state index >= 15 is 0 Å². The van der Waals surface area contributed by atoms with Gasteiger partial charge in [-0.05, 0) is 30.0 Å². The van der Waals surface area contributed by atoms with Crippen molar-refractivity contribution in [1.82, 2.24) is 9.47 Å². The lowest BCUT2D eigenvalue weighted by Crippen LogP contribution is -2.38. The van der Waals surface area contributed by atoms with Crippen molar-refractivity contribution >= 4 is 5.96 Å². The molecule has 0 unspecified atom stereocenters. The molecular formula is C20H26N4O. The van der Waals surface area contributed by atoms with Crippen molar-refractivity contribution < 1.29 is 0 Å². The largest absolute Gasteiger partial charge is 0.370 e. The van der Waals surface area contributed by atoms with Crippen LogP contribution in [0.5, 0.6) is 0 Å². The fourth-order valence-electron chi connectivity index (χ4n) is 3.11. The van der Waals surface area contributed by atoms with E-state index in [-0.39, 0.29) is 5.56 Å². The van der Waals surface area contributed by atoms with Crippen molar-refractivity contribution in [2.24, 2.45) is 10.7 Å². The van der Waals surface area contributed by atoms with E-state index in [2.05, 4.69) is 22.0 Å². The molecule has 0 amide bonds. The molecule has 2 N–H and O–H groups in total. The third-order valence-electron chi connectivity index (χ3n) is 4.63. The summed E-state index contributed by atoms with van der Waals surface area (Å²) in [4.78, 5) is 18.5. The van der Waals surface area contributed by atoms with Gasteiger partial charge in [0.2, 0.25) is 0 Å². The topological polar surface area (TPSA) is 63.6 Å². The van der Waals surface area contributed by atoms with Crippen LogP contribution < -0.4 is 11.3 Å². The summed E-state index contributed by atoms with van der Waals surface area (Å²) in [5.41, 5.74) is 8.39. The van der Waals surface area contributed by atoms with Crippen LogP contribution in [0, 0.1) is 0 Å². The summed E-state index contributed by atoms with van der Waals surface area (Å²) in [6.45, 7) is 3.20. The Morgan fingerprint density at radius 1 is 0.960 bits per heavy atom. The summed E-state index contributed by atoms with van der Waals surface area (Å²) < 4.78 is 1.70.